The summed E-state index contributed by atoms with van der Waals surface area (Å²) < 4.78 is 18.8. The molecule has 0 aromatic heterocycles. The van der Waals surface area contributed by atoms with Gasteiger partial charge in [-0.05, 0) is 43.2 Å². The van der Waals surface area contributed by atoms with Gasteiger partial charge in [0.1, 0.15) is 12.4 Å². The van der Waals surface area contributed by atoms with E-state index in [-0.39, 0.29) is 35.2 Å². The van der Waals surface area contributed by atoms with Gasteiger partial charge in [-0.15, -0.1) is 0 Å². The van der Waals surface area contributed by atoms with Crippen LogP contribution in [0, 0.1) is 11.7 Å². The van der Waals surface area contributed by atoms with Gasteiger partial charge in [0.2, 0.25) is 5.91 Å². The lowest BCUT2D eigenvalue weighted by molar-refractivity contribution is -0.142. The van der Waals surface area contributed by atoms with Crippen molar-refractivity contribution < 1.29 is 18.7 Å². The van der Waals surface area contributed by atoms with Gasteiger partial charge < -0.3 is 15.0 Å². The number of hydrogen-bond acceptors (Lipinski definition) is 3. The summed E-state index contributed by atoms with van der Waals surface area (Å²) >= 11 is 0. The normalized spacial score (nSPS) is 30.0. The zero-order valence-corrected chi connectivity index (χ0v) is 13.5. The van der Waals surface area contributed by atoms with Gasteiger partial charge in [0.15, 0.2) is 0 Å². The SMILES string of the molecule is O=C1N[C@]2(CO1)C[C@H](C(=O)N1CCC(c3ccccc3F)CC1)C2. The smallest absolute Gasteiger partial charge is 0.407 e. The summed E-state index contributed by atoms with van der Waals surface area (Å²) in [5, 5.41) is 2.82. The number of alkyl carbamates (subject to hydrolysis) is 1. The number of nitrogens with zero attached hydrogens (tertiary/aromatic N) is 1. The van der Waals surface area contributed by atoms with Gasteiger partial charge in [-0.2, -0.15) is 0 Å². The van der Waals surface area contributed by atoms with Gasteiger partial charge in [-0.25, -0.2) is 9.18 Å². The molecular formula is C18H21FN2O3. The number of hydrogen-bond donors (Lipinski definition) is 1. The Kier molecular flexibility index (Phi) is 3.70. The first-order valence-electron chi connectivity index (χ1n) is 8.54. The molecule has 3 fully saturated rings. The highest BCUT2D eigenvalue weighted by molar-refractivity contribution is 5.81. The van der Waals surface area contributed by atoms with Crippen molar-refractivity contribution in [1.82, 2.24) is 10.2 Å². The number of ether oxygens (including phenoxy) is 1. The molecule has 1 N–H and O–H groups in total. The molecule has 0 unspecified atom stereocenters. The number of piperidine rings is 1. The van der Waals surface area contributed by atoms with Crippen LogP contribution in [-0.4, -0.2) is 42.1 Å². The van der Waals surface area contributed by atoms with Gasteiger partial charge in [-0.3, -0.25) is 4.79 Å². The first-order valence-corrected chi connectivity index (χ1v) is 8.54. The number of cyclic esters (lactones) is 1. The molecule has 1 aliphatic carbocycles. The number of carbonyl (C=O) groups excluding carboxylic acids is 2. The fourth-order valence-electron chi connectivity index (χ4n) is 4.25. The van der Waals surface area contributed by atoms with Crippen LogP contribution >= 0.6 is 0 Å². The highest BCUT2D eigenvalue weighted by Gasteiger charge is 2.53. The van der Waals surface area contributed by atoms with Crippen molar-refractivity contribution in [2.24, 2.45) is 5.92 Å². The van der Waals surface area contributed by atoms with E-state index >= 15 is 0 Å². The van der Waals surface area contributed by atoms with Gasteiger partial charge in [0, 0.05) is 19.0 Å². The van der Waals surface area contributed by atoms with Gasteiger partial charge in [0.05, 0.1) is 5.54 Å². The molecule has 5 nitrogen and oxygen atoms in total. The molecule has 2 amide bonds. The van der Waals surface area contributed by atoms with Crippen molar-refractivity contribution in [2.75, 3.05) is 19.7 Å². The van der Waals surface area contributed by atoms with E-state index in [0.717, 1.165) is 18.4 Å². The second kappa shape index (κ2) is 5.76. The van der Waals surface area contributed by atoms with Crippen molar-refractivity contribution in [1.29, 1.82) is 0 Å². The first kappa shape index (κ1) is 15.4. The van der Waals surface area contributed by atoms with Crippen LogP contribution in [0.3, 0.4) is 0 Å². The van der Waals surface area contributed by atoms with E-state index in [9.17, 15) is 14.0 Å². The lowest BCUT2D eigenvalue weighted by Crippen LogP contribution is -2.58. The average Bonchev–Trinajstić information content (AvgIpc) is 2.96. The number of nitrogens with one attached hydrogen (secondary N) is 1. The maximum Gasteiger partial charge on any atom is 0.407 e. The van der Waals surface area contributed by atoms with Crippen molar-refractivity contribution in [3.05, 3.63) is 35.6 Å². The summed E-state index contributed by atoms with van der Waals surface area (Å²) in [6.45, 7) is 1.71. The molecule has 6 heteroatoms. The Morgan fingerprint density at radius 2 is 1.96 bits per heavy atom. The van der Waals surface area contributed by atoms with Crippen LogP contribution in [-0.2, 0) is 9.53 Å². The standard InChI is InChI=1S/C18H21FN2O3/c19-15-4-2-1-3-14(15)12-5-7-21(8-6-12)16(22)13-9-18(10-13)11-24-17(23)20-18/h1-4,12-13H,5-11H2,(H,20,23)/t13-,18+. The summed E-state index contributed by atoms with van der Waals surface area (Å²) in [6.07, 6.45) is 2.52. The molecule has 4 rings (SSSR count). The molecule has 1 saturated carbocycles. The third kappa shape index (κ3) is 2.64. The van der Waals surface area contributed by atoms with Crippen LogP contribution in [0.2, 0.25) is 0 Å². The summed E-state index contributed by atoms with van der Waals surface area (Å²) in [5.74, 6) is 0.163. The lowest BCUT2D eigenvalue weighted by Gasteiger charge is -2.45. The van der Waals surface area contributed by atoms with E-state index in [1.165, 1.54) is 6.07 Å². The summed E-state index contributed by atoms with van der Waals surface area (Å²) in [4.78, 5) is 25.7. The van der Waals surface area contributed by atoms with E-state index in [0.29, 0.717) is 32.5 Å². The predicted molar refractivity (Wildman–Crippen MR) is 84.9 cm³/mol. The molecule has 1 spiro atoms. The molecule has 2 heterocycles. The number of carbonyl (C=O) groups is 2. The first-order chi connectivity index (χ1) is 11.6. The Labute approximate surface area is 140 Å². The fourth-order valence-corrected chi connectivity index (χ4v) is 4.25. The van der Waals surface area contributed by atoms with Crippen molar-refractivity contribution >= 4 is 12.0 Å². The molecule has 0 radical (unpaired) electrons. The fraction of sp³-hybridized carbons (Fsp3) is 0.556. The molecule has 0 bridgehead atoms. The van der Waals surface area contributed by atoms with E-state index in [4.69, 9.17) is 4.74 Å². The van der Waals surface area contributed by atoms with Crippen molar-refractivity contribution in [2.45, 2.75) is 37.1 Å². The molecule has 1 aromatic carbocycles. The Bertz CT molecular complexity index is 664. The number of amides is 2. The van der Waals surface area contributed by atoms with Crippen LogP contribution in [0.15, 0.2) is 24.3 Å². The molecular weight excluding hydrogens is 311 g/mol. The van der Waals surface area contributed by atoms with Crippen molar-refractivity contribution in [3.63, 3.8) is 0 Å². The maximum absolute atomic E-state index is 13.9. The Hall–Kier alpha value is -2.11. The van der Waals surface area contributed by atoms with E-state index < -0.39 is 0 Å². The van der Waals surface area contributed by atoms with Crippen LogP contribution < -0.4 is 5.32 Å². The van der Waals surface area contributed by atoms with E-state index in [1.54, 1.807) is 6.07 Å². The van der Waals surface area contributed by atoms with Gasteiger partial charge in [-0.1, -0.05) is 18.2 Å². The molecule has 0 atom stereocenters. The molecule has 3 aliphatic rings. The topological polar surface area (TPSA) is 58.6 Å². The third-order valence-electron chi connectivity index (χ3n) is 5.62. The molecule has 2 saturated heterocycles. The Morgan fingerprint density at radius 3 is 2.58 bits per heavy atom. The number of benzene rings is 1. The summed E-state index contributed by atoms with van der Waals surface area (Å²) in [6, 6.07) is 6.91. The zero-order valence-electron chi connectivity index (χ0n) is 13.5. The van der Waals surface area contributed by atoms with E-state index in [2.05, 4.69) is 5.32 Å². The van der Waals surface area contributed by atoms with Crippen LogP contribution in [0.25, 0.3) is 0 Å². The quantitative estimate of drug-likeness (QED) is 0.905. The Morgan fingerprint density at radius 1 is 1.25 bits per heavy atom. The average molecular weight is 332 g/mol. The maximum atomic E-state index is 13.9. The predicted octanol–water partition coefficient (Wildman–Crippen LogP) is 2.42. The van der Waals surface area contributed by atoms with Gasteiger partial charge in [0.25, 0.3) is 0 Å². The minimum Gasteiger partial charge on any atom is -0.447 e. The lowest BCUT2D eigenvalue weighted by atomic mass is 9.68. The van der Waals surface area contributed by atoms with Crippen LogP contribution in [0.4, 0.5) is 9.18 Å². The van der Waals surface area contributed by atoms with Gasteiger partial charge >= 0.3 is 6.09 Å². The number of likely N-dealkylation sites (tertiary alicyclic amines) is 1. The second-order valence-corrected chi connectivity index (χ2v) is 7.21. The van der Waals surface area contributed by atoms with Crippen molar-refractivity contribution in [3.8, 4) is 0 Å². The minimum absolute atomic E-state index is 0.0305. The third-order valence-corrected chi connectivity index (χ3v) is 5.62. The monoisotopic (exact) mass is 332 g/mol. The number of rotatable bonds is 2. The number of halogens is 1. The summed E-state index contributed by atoms with van der Waals surface area (Å²) in [7, 11) is 0. The Balaban J connectivity index is 1.31. The molecule has 128 valence electrons. The van der Waals surface area contributed by atoms with Crippen LogP contribution in [0.5, 0.6) is 0 Å². The molecule has 24 heavy (non-hydrogen) atoms. The largest absolute Gasteiger partial charge is 0.447 e. The molecule has 2 aliphatic heterocycles. The highest BCUT2D eigenvalue weighted by Crippen LogP contribution is 2.42. The van der Waals surface area contributed by atoms with E-state index in [1.807, 2.05) is 17.0 Å². The van der Waals surface area contributed by atoms with Crippen LogP contribution in [0.1, 0.15) is 37.2 Å². The molecule has 1 aromatic rings. The minimum atomic E-state index is -0.383. The summed E-state index contributed by atoms with van der Waals surface area (Å²) in [5.41, 5.74) is 0.445. The highest BCUT2D eigenvalue weighted by atomic mass is 19.1. The zero-order chi connectivity index (χ0) is 16.7. The second-order valence-electron chi connectivity index (χ2n) is 7.21.